The molecule has 0 radical (unpaired) electrons. The first-order valence-electron chi connectivity index (χ1n) is 8.73. The van der Waals surface area contributed by atoms with Crippen LogP contribution in [0.3, 0.4) is 0 Å². The standard InChI is InChI=1S/C19H30N2/c1-16-9-13-21(14-10-16)19(15-20)11-7-18(8-12-19)17-5-3-2-4-6-17/h2-6,16,18H,7-15,20H2,1H3. The quantitative estimate of drug-likeness (QED) is 0.916. The van der Waals surface area contributed by atoms with Gasteiger partial charge in [0.15, 0.2) is 0 Å². The number of hydrogen-bond donors (Lipinski definition) is 1. The van der Waals surface area contributed by atoms with Gasteiger partial charge in [0.05, 0.1) is 0 Å². The molecule has 2 N–H and O–H groups in total. The molecule has 1 heterocycles. The Morgan fingerprint density at radius 2 is 1.67 bits per heavy atom. The molecule has 0 unspecified atom stereocenters. The van der Waals surface area contributed by atoms with Crippen LogP contribution in [0.4, 0.5) is 0 Å². The van der Waals surface area contributed by atoms with E-state index in [-0.39, 0.29) is 0 Å². The molecule has 1 aromatic carbocycles. The van der Waals surface area contributed by atoms with Crippen molar-refractivity contribution in [2.45, 2.75) is 56.9 Å². The molecule has 2 fully saturated rings. The largest absolute Gasteiger partial charge is 0.329 e. The minimum atomic E-state index is 0.297. The lowest BCUT2D eigenvalue weighted by Gasteiger charge is -2.50. The summed E-state index contributed by atoms with van der Waals surface area (Å²) in [4.78, 5) is 2.73. The van der Waals surface area contributed by atoms with Gasteiger partial charge in [0, 0.05) is 12.1 Å². The van der Waals surface area contributed by atoms with Crippen LogP contribution < -0.4 is 5.73 Å². The zero-order valence-electron chi connectivity index (χ0n) is 13.4. The number of hydrogen-bond acceptors (Lipinski definition) is 2. The first kappa shape index (κ1) is 15.1. The van der Waals surface area contributed by atoms with Crippen molar-refractivity contribution < 1.29 is 0 Å². The molecule has 1 aliphatic heterocycles. The monoisotopic (exact) mass is 286 g/mol. The summed E-state index contributed by atoms with van der Waals surface area (Å²) in [5, 5.41) is 0. The van der Waals surface area contributed by atoms with E-state index in [9.17, 15) is 0 Å². The lowest BCUT2D eigenvalue weighted by Crippen LogP contribution is -2.57. The van der Waals surface area contributed by atoms with Gasteiger partial charge in [-0.3, -0.25) is 4.90 Å². The van der Waals surface area contributed by atoms with Crippen LogP contribution in [0.5, 0.6) is 0 Å². The van der Waals surface area contributed by atoms with Crippen molar-refractivity contribution in [3.05, 3.63) is 35.9 Å². The van der Waals surface area contributed by atoms with E-state index >= 15 is 0 Å². The number of nitrogens with two attached hydrogens (primary N) is 1. The van der Waals surface area contributed by atoms with Gasteiger partial charge >= 0.3 is 0 Å². The van der Waals surface area contributed by atoms with E-state index in [1.54, 1.807) is 0 Å². The molecule has 0 amide bonds. The van der Waals surface area contributed by atoms with Crippen LogP contribution in [0.2, 0.25) is 0 Å². The maximum Gasteiger partial charge on any atom is 0.0332 e. The van der Waals surface area contributed by atoms with Crippen molar-refractivity contribution in [2.24, 2.45) is 11.7 Å². The van der Waals surface area contributed by atoms with Crippen LogP contribution in [0, 0.1) is 5.92 Å². The molecule has 0 atom stereocenters. The van der Waals surface area contributed by atoms with Gasteiger partial charge in [0.2, 0.25) is 0 Å². The van der Waals surface area contributed by atoms with Gasteiger partial charge in [0.1, 0.15) is 0 Å². The minimum Gasteiger partial charge on any atom is -0.329 e. The number of nitrogens with zero attached hydrogens (tertiary/aromatic N) is 1. The summed E-state index contributed by atoms with van der Waals surface area (Å²) in [7, 11) is 0. The fraction of sp³-hybridized carbons (Fsp3) is 0.684. The van der Waals surface area contributed by atoms with Gasteiger partial charge in [0.25, 0.3) is 0 Å². The zero-order valence-corrected chi connectivity index (χ0v) is 13.4. The summed E-state index contributed by atoms with van der Waals surface area (Å²) in [5.74, 6) is 1.64. The van der Waals surface area contributed by atoms with Gasteiger partial charge in [-0.1, -0.05) is 37.3 Å². The molecular formula is C19H30N2. The predicted molar refractivity (Wildman–Crippen MR) is 89.4 cm³/mol. The second-order valence-corrected chi connectivity index (χ2v) is 7.28. The Morgan fingerprint density at radius 3 is 2.24 bits per heavy atom. The molecule has 3 rings (SSSR count). The Morgan fingerprint density at radius 1 is 1.05 bits per heavy atom. The molecule has 1 saturated heterocycles. The van der Waals surface area contributed by atoms with E-state index in [0.717, 1.165) is 18.4 Å². The van der Waals surface area contributed by atoms with Crippen LogP contribution in [0.1, 0.15) is 56.9 Å². The number of benzene rings is 1. The summed E-state index contributed by atoms with van der Waals surface area (Å²) in [5.41, 5.74) is 8.07. The van der Waals surface area contributed by atoms with E-state index in [2.05, 4.69) is 42.2 Å². The van der Waals surface area contributed by atoms with Crippen LogP contribution in [-0.2, 0) is 0 Å². The van der Waals surface area contributed by atoms with Gasteiger partial charge < -0.3 is 5.73 Å². The van der Waals surface area contributed by atoms with Crippen LogP contribution in [0.25, 0.3) is 0 Å². The third-order valence-corrected chi connectivity index (χ3v) is 6.02. The zero-order chi connectivity index (χ0) is 14.7. The van der Waals surface area contributed by atoms with Gasteiger partial charge in [-0.05, 0) is 69.0 Å². The maximum absolute atomic E-state index is 6.25. The van der Waals surface area contributed by atoms with Crippen molar-refractivity contribution >= 4 is 0 Å². The average Bonchev–Trinajstić information content (AvgIpc) is 2.56. The molecule has 2 heteroatoms. The third-order valence-electron chi connectivity index (χ3n) is 6.02. The van der Waals surface area contributed by atoms with Gasteiger partial charge in [-0.2, -0.15) is 0 Å². The minimum absolute atomic E-state index is 0.297. The lowest BCUT2D eigenvalue weighted by molar-refractivity contribution is 0.0249. The Balaban J connectivity index is 1.64. The summed E-state index contributed by atoms with van der Waals surface area (Å²) in [6.45, 7) is 5.74. The highest BCUT2D eigenvalue weighted by Crippen LogP contribution is 2.41. The molecule has 2 aliphatic rings. The Bertz CT molecular complexity index is 426. The maximum atomic E-state index is 6.25. The lowest BCUT2D eigenvalue weighted by atomic mass is 9.72. The predicted octanol–water partition coefficient (Wildman–Crippen LogP) is 3.77. The smallest absolute Gasteiger partial charge is 0.0332 e. The highest BCUT2D eigenvalue weighted by Gasteiger charge is 2.40. The highest BCUT2D eigenvalue weighted by molar-refractivity contribution is 5.20. The molecule has 2 nitrogen and oxygen atoms in total. The average molecular weight is 286 g/mol. The van der Waals surface area contributed by atoms with E-state index in [4.69, 9.17) is 5.73 Å². The molecule has 0 bridgehead atoms. The van der Waals surface area contributed by atoms with E-state index in [1.165, 1.54) is 57.2 Å². The van der Waals surface area contributed by atoms with E-state index in [1.807, 2.05) is 0 Å². The Hall–Kier alpha value is -0.860. The molecule has 1 aliphatic carbocycles. The molecule has 1 aromatic rings. The number of rotatable bonds is 3. The fourth-order valence-corrected chi connectivity index (χ4v) is 4.35. The molecule has 21 heavy (non-hydrogen) atoms. The summed E-state index contributed by atoms with van der Waals surface area (Å²) >= 11 is 0. The third kappa shape index (κ3) is 3.17. The van der Waals surface area contributed by atoms with Crippen molar-refractivity contribution in [1.82, 2.24) is 4.90 Å². The topological polar surface area (TPSA) is 29.3 Å². The van der Waals surface area contributed by atoms with Crippen molar-refractivity contribution in [2.75, 3.05) is 19.6 Å². The Labute approximate surface area is 129 Å². The van der Waals surface area contributed by atoms with Gasteiger partial charge in [-0.15, -0.1) is 0 Å². The number of likely N-dealkylation sites (tertiary alicyclic amines) is 1. The summed E-state index contributed by atoms with van der Waals surface area (Å²) in [6, 6.07) is 11.1. The van der Waals surface area contributed by atoms with E-state index in [0.29, 0.717) is 5.54 Å². The molecule has 0 spiro atoms. The van der Waals surface area contributed by atoms with Crippen molar-refractivity contribution in [3.8, 4) is 0 Å². The van der Waals surface area contributed by atoms with Crippen LogP contribution in [0.15, 0.2) is 30.3 Å². The van der Waals surface area contributed by atoms with E-state index < -0.39 is 0 Å². The molecule has 1 saturated carbocycles. The first-order chi connectivity index (χ1) is 10.2. The Kier molecular flexibility index (Phi) is 4.66. The summed E-state index contributed by atoms with van der Waals surface area (Å²) < 4.78 is 0. The normalized spacial score (nSPS) is 32.2. The second-order valence-electron chi connectivity index (χ2n) is 7.28. The number of piperidine rings is 1. The molecular weight excluding hydrogens is 256 g/mol. The molecule has 0 aromatic heterocycles. The fourth-order valence-electron chi connectivity index (χ4n) is 4.35. The SMILES string of the molecule is CC1CCN(C2(CN)CCC(c3ccccc3)CC2)CC1. The second kappa shape index (κ2) is 6.50. The van der Waals surface area contributed by atoms with Crippen molar-refractivity contribution in [1.29, 1.82) is 0 Å². The first-order valence-corrected chi connectivity index (χ1v) is 8.73. The van der Waals surface area contributed by atoms with Crippen molar-refractivity contribution in [3.63, 3.8) is 0 Å². The highest BCUT2D eigenvalue weighted by atomic mass is 15.2. The van der Waals surface area contributed by atoms with Gasteiger partial charge in [-0.25, -0.2) is 0 Å². The molecule has 116 valence electrons. The summed E-state index contributed by atoms with van der Waals surface area (Å²) in [6.07, 6.45) is 7.85. The van der Waals surface area contributed by atoms with Crippen LogP contribution >= 0.6 is 0 Å². The van der Waals surface area contributed by atoms with Crippen LogP contribution in [-0.4, -0.2) is 30.1 Å².